The molecule has 0 unspecified atom stereocenters. The largest absolute Gasteiger partial charge is 0.342 e. The zero-order valence-electron chi connectivity index (χ0n) is 13.2. The molecule has 3 aromatic rings. The lowest BCUT2D eigenvalue weighted by atomic mass is 10.0. The van der Waals surface area contributed by atoms with Crippen LogP contribution in [-0.2, 0) is 14.1 Å². The van der Waals surface area contributed by atoms with E-state index in [-0.39, 0.29) is 17.9 Å². The second-order valence-corrected chi connectivity index (χ2v) is 5.83. The lowest BCUT2D eigenvalue weighted by Crippen LogP contribution is -2.33. The Morgan fingerprint density at radius 3 is 2.59 bits per heavy atom. The van der Waals surface area contributed by atoms with Gasteiger partial charge in [-0.05, 0) is 5.92 Å². The Bertz CT molecular complexity index is 809. The molecule has 22 heavy (non-hydrogen) atoms. The monoisotopic (exact) mass is 300 g/mol. The maximum absolute atomic E-state index is 12.7. The van der Waals surface area contributed by atoms with Crippen LogP contribution in [0, 0.1) is 5.92 Å². The van der Waals surface area contributed by atoms with Crippen LogP contribution in [0.25, 0.3) is 5.65 Å². The van der Waals surface area contributed by atoms with Crippen molar-refractivity contribution in [1.82, 2.24) is 29.0 Å². The number of aromatic nitrogens is 5. The highest BCUT2D eigenvalue weighted by molar-refractivity contribution is 6.00. The van der Waals surface area contributed by atoms with Gasteiger partial charge in [0.25, 0.3) is 5.91 Å². The fourth-order valence-corrected chi connectivity index (χ4v) is 2.64. The molecule has 0 aliphatic rings. The van der Waals surface area contributed by atoms with Gasteiger partial charge in [-0.2, -0.15) is 5.10 Å². The van der Waals surface area contributed by atoms with Crippen LogP contribution in [0.2, 0.25) is 0 Å². The van der Waals surface area contributed by atoms with E-state index in [1.165, 1.54) is 0 Å². The number of fused-ring (bicyclic) bond motifs is 1. The highest BCUT2D eigenvalue weighted by Gasteiger charge is 2.24. The molecule has 0 fully saturated rings. The van der Waals surface area contributed by atoms with Gasteiger partial charge in [0.1, 0.15) is 17.0 Å². The second-order valence-electron chi connectivity index (χ2n) is 5.83. The van der Waals surface area contributed by atoms with E-state index < -0.39 is 0 Å². The van der Waals surface area contributed by atoms with E-state index in [0.717, 1.165) is 11.5 Å². The molecule has 0 aliphatic heterocycles. The standard InChI is InChI=1S/C15H20N6O/c1-10(2)12(13-16-5-6-19(13)3)18-14(22)11-9-17-21-8-7-20(4)15(11)21/h5-10,12H,1-4H3,(H,18,22)/t12-/m1/s1. The number of imidazole rings is 2. The molecule has 3 heterocycles. The first-order valence-electron chi connectivity index (χ1n) is 7.25. The number of carbonyl (C=O) groups excluding carboxylic acids is 1. The SMILES string of the molecule is CC(C)[C@@H](NC(=O)c1cnn2ccn(C)c12)c1nccn1C. The number of nitrogens with zero attached hydrogens (tertiary/aromatic N) is 5. The fourth-order valence-electron chi connectivity index (χ4n) is 2.64. The van der Waals surface area contributed by atoms with Crippen LogP contribution < -0.4 is 5.32 Å². The molecule has 0 spiro atoms. The molecule has 0 saturated carbocycles. The van der Waals surface area contributed by atoms with Crippen molar-refractivity contribution in [2.45, 2.75) is 19.9 Å². The van der Waals surface area contributed by atoms with Gasteiger partial charge in [-0.15, -0.1) is 0 Å². The lowest BCUT2D eigenvalue weighted by molar-refractivity contribution is 0.0923. The molecule has 0 saturated heterocycles. The van der Waals surface area contributed by atoms with Gasteiger partial charge in [0.05, 0.1) is 12.2 Å². The Hall–Kier alpha value is -2.57. The van der Waals surface area contributed by atoms with E-state index in [2.05, 4.69) is 29.2 Å². The van der Waals surface area contributed by atoms with Gasteiger partial charge in [0.15, 0.2) is 0 Å². The van der Waals surface area contributed by atoms with Crippen molar-refractivity contribution in [3.63, 3.8) is 0 Å². The van der Waals surface area contributed by atoms with Gasteiger partial charge in [-0.3, -0.25) is 4.79 Å². The maximum Gasteiger partial charge on any atom is 0.257 e. The average molecular weight is 300 g/mol. The van der Waals surface area contributed by atoms with Gasteiger partial charge in [0.2, 0.25) is 0 Å². The first kappa shape index (κ1) is 14.4. The third kappa shape index (κ3) is 2.28. The fraction of sp³-hybridized carbons (Fsp3) is 0.400. The molecule has 0 bridgehead atoms. The van der Waals surface area contributed by atoms with E-state index in [0.29, 0.717) is 5.56 Å². The number of carbonyl (C=O) groups is 1. The Kier molecular flexibility index (Phi) is 3.48. The summed E-state index contributed by atoms with van der Waals surface area (Å²) < 4.78 is 5.51. The first-order valence-corrected chi connectivity index (χ1v) is 7.25. The van der Waals surface area contributed by atoms with E-state index in [1.807, 2.05) is 41.8 Å². The summed E-state index contributed by atoms with van der Waals surface area (Å²) in [6.07, 6.45) is 8.92. The van der Waals surface area contributed by atoms with E-state index in [1.54, 1.807) is 16.9 Å². The van der Waals surface area contributed by atoms with Crippen LogP contribution in [0.3, 0.4) is 0 Å². The van der Waals surface area contributed by atoms with Crippen molar-refractivity contribution >= 4 is 11.6 Å². The van der Waals surface area contributed by atoms with Crippen molar-refractivity contribution in [2.75, 3.05) is 0 Å². The van der Waals surface area contributed by atoms with Gasteiger partial charge >= 0.3 is 0 Å². The summed E-state index contributed by atoms with van der Waals surface area (Å²) in [5.74, 6) is 0.932. The van der Waals surface area contributed by atoms with Crippen LogP contribution in [0.15, 0.2) is 31.0 Å². The van der Waals surface area contributed by atoms with E-state index in [9.17, 15) is 4.79 Å². The van der Waals surface area contributed by atoms with Crippen LogP contribution in [-0.4, -0.2) is 29.6 Å². The lowest BCUT2D eigenvalue weighted by Gasteiger charge is -2.21. The van der Waals surface area contributed by atoms with Crippen molar-refractivity contribution in [2.24, 2.45) is 20.0 Å². The number of rotatable bonds is 4. The number of nitrogens with one attached hydrogen (secondary N) is 1. The van der Waals surface area contributed by atoms with Crippen molar-refractivity contribution in [1.29, 1.82) is 0 Å². The molecule has 1 N–H and O–H groups in total. The Balaban J connectivity index is 1.92. The minimum absolute atomic E-state index is 0.140. The Morgan fingerprint density at radius 2 is 1.95 bits per heavy atom. The Morgan fingerprint density at radius 1 is 1.18 bits per heavy atom. The summed E-state index contributed by atoms with van der Waals surface area (Å²) in [5.41, 5.74) is 1.34. The molecule has 116 valence electrons. The zero-order chi connectivity index (χ0) is 15.9. The summed E-state index contributed by atoms with van der Waals surface area (Å²) in [4.78, 5) is 17.0. The van der Waals surface area contributed by atoms with Gasteiger partial charge in [0, 0.05) is 38.9 Å². The minimum atomic E-state index is -0.150. The number of hydrogen-bond donors (Lipinski definition) is 1. The van der Waals surface area contributed by atoms with E-state index in [4.69, 9.17) is 0 Å². The van der Waals surface area contributed by atoms with Crippen molar-refractivity contribution < 1.29 is 4.79 Å². The molecule has 7 nitrogen and oxygen atoms in total. The quantitative estimate of drug-likeness (QED) is 0.794. The summed E-state index contributed by atoms with van der Waals surface area (Å²) in [7, 11) is 3.83. The van der Waals surface area contributed by atoms with Crippen LogP contribution >= 0.6 is 0 Å². The van der Waals surface area contributed by atoms with Gasteiger partial charge in [-0.1, -0.05) is 13.8 Å². The molecule has 1 atom stereocenters. The minimum Gasteiger partial charge on any atom is -0.342 e. The predicted molar refractivity (Wildman–Crippen MR) is 82.4 cm³/mol. The molecular weight excluding hydrogens is 280 g/mol. The molecular formula is C15H20N6O. The predicted octanol–water partition coefficient (Wildman–Crippen LogP) is 1.53. The number of aryl methyl sites for hydroxylation is 2. The molecule has 1 amide bonds. The van der Waals surface area contributed by atoms with Crippen LogP contribution in [0.4, 0.5) is 0 Å². The van der Waals surface area contributed by atoms with Gasteiger partial charge < -0.3 is 14.5 Å². The molecule has 3 rings (SSSR count). The highest BCUT2D eigenvalue weighted by atomic mass is 16.1. The van der Waals surface area contributed by atoms with Gasteiger partial charge in [-0.25, -0.2) is 9.50 Å². The van der Waals surface area contributed by atoms with Crippen molar-refractivity contribution in [3.8, 4) is 0 Å². The molecule has 3 aromatic heterocycles. The molecule has 0 aliphatic carbocycles. The zero-order valence-corrected chi connectivity index (χ0v) is 13.2. The topological polar surface area (TPSA) is 69.2 Å². The molecule has 0 radical (unpaired) electrons. The third-order valence-corrected chi connectivity index (χ3v) is 3.87. The average Bonchev–Trinajstić information content (AvgIpc) is 3.14. The maximum atomic E-state index is 12.7. The summed E-state index contributed by atoms with van der Waals surface area (Å²) in [5, 5.41) is 7.29. The first-order chi connectivity index (χ1) is 10.5. The summed E-state index contributed by atoms with van der Waals surface area (Å²) >= 11 is 0. The third-order valence-electron chi connectivity index (χ3n) is 3.87. The Labute approximate surface area is 128 Å². The normalized spacial score (nSPS) is 13.0. The van der Waals surface area contributed by atoms with E-state index >= 15 is 0 Å². The highest BCUT2D eigenvalue weighted by Crippen LogP contribution is 2.21. The number of hydrogen-bond acceptors (Lipinski definition) is 3. The second kappa shape index (κ2) is 5.32. The van der Waals surface area contributed by atoms with Crippen LogP contribution in [0.5, 0.6) is 0 Å². The summed E-state index contributed by atoms with van der Waals surface area (Å²) in [6, 6.07) is -0.150. The number of amides is 1. The smallest absolute Gasteiger partial charge is 0.257 e. The molecule has 0 aromatic carbocycles. The van der Waals surface area contributed by atoms with Crippen LogP contribution in [0.1, 0.15) is 36.1 Å². The summed E-state index contributed by atoms with van der Waals surface area (Å²) in [6.45, 7) is 4.13. The molecule has 7 heteroatoms. The van der Waals surface area contributed by atoms with Crippen molar-refractivity contribution in [3.05, 3.63) is 42.4 Å².